The van der Waals surface area contributed by atoms with E-state index >= 15 is 0 Å². The van der Waals surface area contributed by atoms with Crippen LogP contribution in [0.3, 0.4) is 0 Å². The molecule has 2 rings (SSSR count). The average Bonchev–Trinajstić information content (AvgIpc) is 2.55. The van der Waals surface area contributed by atoms with E-state index in [1.807, 2.05) is 32.0 Å². The van der Waals surface area contributed by atoms with Crippen LogP contribution in [0.15, 0.2) is 47.6 Å². The number of halogens is 2. The number of benzene rings is 1. The summed E-state index contributed by atoms with van der Waals surface area (Å²) in [5.74, 6) is 0.550. The second-order valence-electron chi connectivity index (χ2n) is 5.23. The molecule has 0 bridgehead atoms. The van der Waals surface area contributed by atoms with Gasteiger partial charge in [-0.05, 0) is 43.5 Å². The molecule has 0 aliphatic carbocycles. The topological polar surface area (TPSA) is 49.3 Å². The highest BCUT2D eigenvalue weighted by Gasteiger charge is 2.03. The highest BCUT2D eigenvalue weighted by molar-refractivity contribution is 14.0. The van der Waals surface area contributed by atoms with Crippen molar-refractivity contribution in [3.63, 3.8) is 0 Å². The van der Waals surface area contributed by atoms with Crippen LogP contribution < -0.4 is 10.6 Å². The molecule has 0 amide bonds. The number of aryl methyl sites for hydroxylation is 1. The number of aliphatic imine (C=N–C) groups is 1. The smallest absolute Gasteiger partial charge is 0.191 e. The van der Waals surface area contributed by atoms with Crippen LogP contribution in [-0.2, 0) is 13.0 Å². The molecule has 0 spiro atoms. The maximum absolute atomic E-state index is 13.6. The van der Waals surface area contributed by atoms with E-state index < -0.39 is 0 Å². The van der Waals surface area contributed by atoms with E-state index in [2.05, 4.69) is 20.6 Å². The lowest BCUT2D eigenvalue weighted by Gasteiger charge is -2.12. The minimum Gasteiger partial charge on any atom is -0.357 e. The number of hydrogen-bond acceptors (Lipinski definition) is 2. The van der Waals surface area contributed by atoms with Crippen LogP contribution in [0.25, 0.3) is 0 Å². The van der Waals surface area contributed by atoms with E-state index in [0.29, 0.717) is 31.0 Å². The second kappa shape index (κ2) is 11.0. The first-order valence-electron chi connectivity index (χ1n) is 7.86. The van der Waals surface area contributed by atoms with Crippen LogP contribution in [0, 0.1) is 12.7 Å². The van der Waals surface area contributed by atoms with Crippen molar-refractivity contribution in [2.45, 2.75) is 26.8 Å². The monoisotopic (exact) mass is 442 g/mol. The van der Waals surface area contributed by atoms with Crippen molar-refractivity contribution in [3.8, 4) is 0 Å². The zero-order valence-corrected chi connectivity index (χ0v) is 16.4. The molecule has 0 saturated heterocycles. The largest absolute Gasteiger partial charge is 0.357 e. The van der Waals surface area contributed by atoms with Gasteiger partial charge in [-0.2, -0.15) is 0 Å². The third-order valence-corrected chi connectivity index (χ3v) is 3.49. The first-order chi connectivity index (χ1) is 11.2. The van der Waals surface area contributed by atoms with Gasteiger partial charge in [0.2, 0.25) is 0 Å². The maximum Gasteiger partial charge on any atom is 0.191 e. The third kappa shape index (κ3) is 6.43. The van der Waals surface area contributed by atoms with Crippen LogP contribution in [0.2, 0.25) is 0 Å². The van der Waals surface area contributed by atoms with Crippen LogP contribution in [0.5, 0.6) is 0 Å². The number of pyridine rings is 1. The number of nitrogens with one attached hydrogen (secondary N) is 2. The summed E-state index contributed by atoms with van der Waals surface area (Å²) >= 11 is 0. The van der Waals surface area contributed by atoms with E-state index in [0.717, 1.165) is 17.8 Å². The Morgan fingerprint density at radius 1 is 1.17 bits per heavy atom. The van der Waals surface area contributed by atoms with Gasteiger partial charge in [0, 0.05) is 19.3 Å². The van der Waals surface area contributed by atoms with E-state index in [1.165, 1.54) is 6.07 Å². The summed E-state index contributed by atoms with van der Waals surface area (Å²) < 4.78 is 13.6. The molecule has 4 nitrogen and oxygen atoms in total. The Morgan fingerprint density at radius 2 is 1.96 bits per heavy atom. The predicted molar refractivity (Wildman–Crippen MR) is 107 cm³/mol. The Bertz CT molecular complexity index is 661. The van der Waals surface area contributed by atoms with E-state index in [1.54, 1.807) is 18.3 Å². The van der Waals surface area contributed by atoms with Gasteiger partial charge in [0.25, 0.3) is 0 Å². The summed E-state index contributed by atoms with van der Waals surface area (Å²) in [6.45, 7) is 5.94. The summed E-state index contributed by atoms with van der Waals surface area (Å²) in [5.41, 5.74) is 2.79. The Kier molecular flexibility index (Phi) is 9.29. The molecule has 1 aromatic carbocycles. The number of nitrogens with zero attached hydrogens (tertiary/aromatic N) is 2. The van der Waals surface area contributed by atoms with Crippen molar-refractivity contribution in [1.82, 2.24) is 15.6 Å². The van der Waals surface area contributed by atoms with Crippen molar-refractivity contribution in [2.75, 3.05) is 13.1 Å². The lowest BCUT2D eigenvalue weighted by molar-refractivity contribution is 0.606. The molecule has 2 N–H and O–H groups in total. The summed E-state index contributed by atoms with van der Waals surface area (Å²) in [5, 5.41) is 6.42. The number of aromatic nitrogens is 1. The van der Waals surface area contributed by atoms with Crippen molar-refractivity contribution in [2.24, 2.45) is 4.99 Å². The predicted octanol–water partition coefficient (Wildman–Crippen LogP) is 3.44. The molecule has 1 aromatic heterocycles. The molecule has 0 radical (unpaired) electrons. The van der Waals surface area contributed by atoms with Crippen molar-refractivity contribution < 1.29 is 4.39 Å². The molecule has 0 fully saturated rings. The minimum absolute atomic E-state index is 0. The van der Waals surface area contributed by atoms with Crippen LogP contribution >= 0.6 is 24.0 Å². The molecule has 0 aliphatic heterocycles. The molecule has 24 heavy (non-hydrogen) atoms. The molecular weight excluding hydrogens is 418 g/mol. The van der Waals surface area contributed by atoms with Crippen molar-refractivity contribution >= 4 is 29.9 Å². The molecule has 0 atom stereocenters. The van der Waals surface area contributed by atoms with E-state index in [4.69, 9.17) is 0 Å². The van der Waals surface area contributed by atoms with Gasteiger partial charge in [-0.3, -0.25) is 4.98 Å². The Hall–Kier alpha value is -1.70. The van der Waals surface area contributed by atoms with Crippen molar-refractivity contribution in [3.05, 3.63) is 65.2 Å². The van der Waals surface area contributed by atoms with Crippen molar-refractivity contribution in [1.29, 1.82) is 0 Å². The standard InChI is InChI=1S/C18H23FN4.HI/c1-3-20-18(23-13-17-14(2)7-6-11-21-17)22-12-10-15-8-4-5-9-16(15)19;/h4-9,11H,3,10,12-13H2,1-2H3,(H2,20,22,23);1H. The highest BCUT2D eigenvalue weighted by atomic mass is 127. The Morgan fingerprint density at radius 3 is 2.67 bits per heavy atom. The van der Waals surface area contributed by atoms with Gasteiger partial charge >= 0.3 is 0 Å². The first-order valence-corrected chi connectivity index (χ1v) is 7.86. The van der Waals surface area contributed by atoms with Gasteiger partial charge in [0.1, 0.15) is 5.82 Å². The third-order valence-electron chi connectivity index (χ3n) is 3.49. The second-order valence-corrected chi connectivity index (χ2v) is 5.23. The number of hydrogen-bond donors (Lipinski definition) is 2. The van der Waals surface area contributed by atoms with Gasteiger partial charge in [0.05, 0.1) is 12.2 Å². The molecule has 0 unspecified atom stereocenters. The quantitative estimate of drug-likeness (QED) is 0.410. The van der Waals surface area contributed by atoms with Crippen LogP contribution in [0.4, 0.5) is 4.39 Å². The molecule has 6 heteroatoms. The molecule has 0 saturated carbocycles. The summed E-state index contributed by atoms with van der Waals surface area (Å²) in [6.07, 6.45) is 2.39. The summed E-state index contributed by atoms with van der Waals surface area (Å²) in [7, 11) is 0. The first kappa shape index (κ1) is 20.3. The van der Waals surface area contributed by atoms with Gasteiger partial charge < -0.3 is 10.6 Å². The fourth-order valence-corrected chi connectivity index (χ4v) is 2.20. The van der Waals surface area contributed by atoms with E-state index in [9.17, 15) is 4.39 Å². The molecule has 1 heterocycles. The van der Waals surface area contributed by atoms with Gasteiger partial charge in [-0.1, -0.05) is 24.3 Å². The normalized spacial score (nSPS) is 10.9. The molecule has 0 aliphatic rings. The minimum atomic E-state index is -0.166. The fourth-order valence-electron chi connectivity index (χ4n) is 2.20. The zero-order chi connectivity index (χ0) is 16.5. The highest BCUT2D eigenvalue weighted by Crippen LogP contribution is 2.06. The van der Waals surface area contributed by atoms with Crippen LogP contribution in [-0.4, -0.2) is 24.0 Å². The molecule has 130 valence electrons. The average molecular weight is 442 g/mol. The van der Waals surface area contributed by atoms with Gasteiger partial charge in [-0.15, -0.1) is 24.0 Å². The lowest BCUT2D eigenvalue weighted by atomic mass is 10.1. The Balaban J connectivity index is 0.00000288. The Labute approximate surface area is 160 Å². The number of rotatable bonds is 6. The van der Waals surface area contributed by atoms with Crippen LogP contribution in [0.1, 0.15) is 23.7 Å². The summed E-state index contributed by atoms with van der Waals surface area (Å²) in [4.78, 5) is 8.87. The maximum atomic E-state index is 13.6. The molecular formula is C18H24FIN4. The fraction of sp³-hybridized carbons (Fsp3) is 0.333. The van der Waals surface area contributed by atoms with E-state index in [-0.39, 0.29) is 29.8 Å². The lowest BCUT2D eigenvalue weighted by Crippen LogP contribution is -2.38. The SMILES string of the molecule is CCNC(=NCc1ncccc1C)NCCc1ccccc1F.I. The zero-order valence-electron chi connectivity index (χ0n) is 14.1. The molecule has 2 aromatic rings. The van der Waals surface area contributed by atoms with Gasteiger partial charge in [0.15, 0.2) is 5.96 Å². The number of guanidine groups is 1. The van der Waals surface area contributed by atoms with Gasteiger partial charge in [-0.25, -0.2) is 9.38 Å². The summed E-state index contributed by atoms with van der Waals surface area (Å²) in [6, 6.07) is 10.8.